The molecule has 12 heavy (non-hydrogen) atoms. The molecule has 72 valence electrons. The highest BCUT2D eigenvalue weighted by atomic mass is 17.1. The summed E-state index contributed by atoms with van der Waals surface area (Å²) in [4.78, 5) is 4.34. The average molecular weight is 172 g/mol. The molecule has 1 saturated carbocycles. The van der Waals surface area contributed by atoms with Crippen LogP contribution in [0.5, 0.6) is 0 Å². The lowest BCUT2D eigenvalue weighted by Crippen LogP contribution is -2.21. The van der Waals surface area contributed by atoms with Crippen molar-refractivity contribution in [2.45, 2.75) is 52.1 Å². The van der Waals surface area contributed by atoms with Crippen molar-refractivity contribution < 1.29 is 10.1 Å². The molecule has 0 aromatic carbocycles. The molecule has 0 spiro atoms. The molecule has 0 atom stereocenters. The first kappa shape index (κ1) is 10.0. The summed E-state index contributed by atoms with van der Waals surface area (Å²) in [7, 11) is 0. The van der Waals surface area contributed by atoms with Crippen LogP contribution in [0.1, 0.15) is 46.0 Å². The van der Waals surface area contributed by atoms with Gasteiger partial charge in [0.2, 0.25) is 0 Å². The van der Waals surface area contributed by atoms with Gasteiger partial charge >= 0.3 is 0 Å². The van der Waals surface area contributed by atoms with Crippen LogP contribution in [0.3, 0.4) is 0 Å². The van der Waals surface area contributed by atoms with Gasteiger partial charge in [0, 0.05) is 0 Å². The monoisotopic (exact) mass is 172 g/mol. The van der Waals surface area contributed by atoms with Gasteiger partial charge in [0.25, 0.3) is 0 Å². The summed E-state index contributed by atoms with van der Waals surface area (Å²) < 4.78 is 0. The van der Waals surface area contributed by atoms with Crippen LogP contribution in [0.4, 0.5) is 0 Å². The van der Waals surface area contributed by atoms with Gasteiger partial charge in [-0.3, -0.25) is 5.26 Å². The molecule has 0 saturated heterocycles. The Kier molecular flexibility index (Phi) is 4.02. The molecule has 1 fully saturated rings. The molecule has 1 rings (SSSR count). The van der Waals surface area contributed by atoms with Crippen molar-refractivity contribution in [1.82, 2.24) is 0 Å². The highest BCUT2D eigenvalue weighted by molar-refractivity contribution is 4.72. The Morgan fingerprint density at radius 2 is 1.83 bits per heavy atom. The zero-order valence-electron chi connectivity index (χ0n) is 8.12. The zero-order valence-corrected chi connectivity index (χ0v) is 8.12. The zero-order chi connectivity index (χ0) is 8.97. The number of rotatable bonds is 3. The second-order valence-electron chi connectivity index (χ2n) is 4.38. The lowest BCUT2D eigenvalue weighted by molar-refractivity contribution is -0.285. The van der Waals surface area contributed by atoms with Gasteiger partial charge in [-0.25, -0.2) is 4.89 Å². The van der Waals surface area contributed by atoms with Gasteiger partial charge in [0.05, 0.1) is 6.10 Å². The van der Waals surface area contributed by atoms with Crippen molar-refractivity contribution in [1.29, 1.82) is 0 Å². The Labute approximate surface area is 74.9 Å². The molecule has 2 nitrogen and oxygen atoms in total. The van der Waals surface area contributed by atoms with Crippen LogP contribution in [-0.4, -0.2) is 11.4 Å². The van der Waals surface area contributed by atoms with E-state index in [-0.39, 0.29) is 6.10 Å². The summed E-state index contributed by atoms with van der Waals surface area (Å²) >= 11 is 0. The molecular formula is C10H20O2. The third kappa shape index (κ3) is 3.11. The average Bonchev–Trinajstić information content (AvgIpc) is 2.05. The molecule has 0 heterocycles. The van der Waals surface area contributed by atoms with Crippen molar-refractivity contribution in [2.75, 3.05) is 0 Å². The molecule has 0 bridgehead atoms. The fourth-order valence-corrected chi connectivity index (χ4v) is 2.14. The molecule has 1 aliphatic rings. The molecule has 1 aliphatic carbocycles. The van der Waals surface area contributed by atoms with Crippen LogP contribution < -0.4 is 0 Å². The van der Waals surface area contributed by atoms with Crippen molar-refractivity contribution in [2.24, 2.45) is 11.8 Å². The topological polar surface area (TPSA) is 29.5 Å². The predicted octanol–water partition coefficient (Wildman–Crippen LogP) is 3.08. The maximum atomic E-state index is 8.46. The van der Waals surface area contributed by atoms with Crippen molar-refractivity contribution >= 4 is 0 Å². The fraction of sp³-hybridized carbons (Fsp3) is 1.00. The van der Waals surface area contributed by atoms with E-state index >= 15 is 0 Å². The van der Waals surface area contributed by atoms with Crippen LogP contribution in [0.2, 0.25) is 0 Å². The molecule has 0 radical (unpaired) electrons. The Hall–Kier alpha value is -0.0800. The minimum atomic E-state index is 0.119. The number of hydrogen-bond donors (Lipinski definition) is 1. The minimum Gasteiger partial charge on any atom is -0.252 e. The molecular weight excluding hydrogens is 152 g/mol. The van der Waals surface area contributed by atoms with E-state index in [4.69, 9.17) is 5.26 Å². The largest absolute Gasteiger partial charge is 0.252 e. The smallest absolute Gasteiger partial charge is 0.0927 e. The van der Waals surface area contributed by atoms with E-state index in [2.05, 4.69) is 18.7 Å². The summed E-state index contributed by atoms with van der Waals surface area (Å²) in [6.45, 7) is 4.54. The third-order valence-corrected chi connectivity index (χ3v) is 2.75. The van der Waals surface area contributed by atoms with Crippen LogP contribution >= 0.6 is 0 Å². The Morgan fingerprint density at radius 1 is 1.25 bits per heavy atom. The highest BCUT2D eigenvalue weighted by Gasteiger charge is 2.21. The van der Waals surface area contributed by atoms with E-state index in [1.807, 2.05) is 0 Å². The molecule has 0 unspecified atom stereocenters. The molecule has 2 heteroatoms. The third-order valence-electron chi connectivity index (χ3n) is 2.75. The van der Waals surface area contributed by atoms with Crippen LogP contribution in [0.15, 0.2) is 0 Å². The van der Waals surface area contributed by atoms with E-state index in [0.717, 1.165) is 24.7 Å². The Bertz CT molecular complexity index is 115. The quantitative estimate of drug-likeness (QED) is 0.523. The van der Waals surface area contributed by atoms with E-state index in [9.17, 15) is 0 Å². The molecule has 0 aliphatic heterocycles. The first-order valence-electron chi connectivity index (χ1n) is 5.02. The standard InChI is InChI=1S/C10H20O2/c1-8(2)7-9-3-5-10(12-11)6-4-9/h8-11H,3-7H2,1-2H3. The minimum absolute atomic E-state index is 0.119. The molecule has 1 N–H and O–H groups in total. The van der Waals surface area contributed by atoms with Crippen LogP contribution in [-0.2, 0) is 4.89 Å². The predicted molar refractivity (Wildman–Crippen MR) is 48.9 cm³/mol. The van der Waals surface area contributed by atoms with E-state index in [1.165, 1.54) is 19.3 Å². The van der Waals surface area contributed by atoms with Gasteiger partial charge in [-0.1, -0.05) is 13.8 Å². The van der Waals surface area contributed by atoms with Gasteiger partial charge in [0.15, 0.2) is 0 Å². The molecule has 0 amide bonds. The van der Waals surface area contributed by atoms with E-state index < -0.39 is 0 Å². The molecule has 0 aromatic rings. The Morgan fingerprint density at radius 3 is 2.25 bits per heavy atom. The first-order valence-corrected chi connectivity index (χ1v) is 5.02. The van der Waals surface area contributed by atoms with E-state index in [1.54, 1.807) is 0 Å². The van der Waals surface area contributed by atoms with Crippen LogP contribution in [0.25, 0.3) is 0 Å². The highest BCUT2D eigenvalue weighted by Crippen LogP contribution is 2.30. The van der Waals surface area contributed by atoms with E-state index in [0.29, 0.717) is 0 Å². The first-order chi connectivity index (χ1) is 5.72. The normalized spacial score (nSPS) is 31.0. The lowest BCUT2D eigenvalue weighted by atomic mass is 9.82. The van der Waals surface area contributed by atoms with Crippen molar-refractivity contribution in [3.05, 3.63) is 0 Å². The summed E-state index contributed by atoms with van der Waals surface area (Å²) in [5, 5.41) is 8.46. The number of hydrogen-bond acceptors (Lipinski definition) is 2. The van der Waals surface area contributed by atoms with Crippen molar-refractivity contribution in [3.8, 4) is 0 Å². The Balaban J connectivity index is 2.17. The maximum absolute atomic E-state index is 8.46. The second-order valence-corrected chi connectivity index (χ2v) is 4.38. The summed E-state index contributed by atoms with van der Waals surface area (Å²) in [6, 6.07) is 0. The van der Waals surface area contributed by atoms with Crippen LogP contribution in [0, 0.1) is 11.8 Å². The van der Waals surface area contributed by atoms with Gasteiger partial charge in [0.1, 0.15) is 0 Å². The molecule has 0 aromatic heterocycles. The van der Waals surface area contributed by atoms with Gasteiger partial charge < -0.3 is 0 Å². The van der Waals surface area contributed by atoms with Gasteiger partial charge in [-0.15, -0.1) is 0 Å². The summed E-state index contributed by atoms with van der Waals surface area (Å²) in [5.41, 5.74) is 0. The fourth-order valence-electron chi connectivity index (χ4n) is 2.14. The second kappa shape index (κ2) is 4.83. The lowest BCUT2D eigenvalue weighted by Gasteiger charge is -2.27. The van der Waals surface area contributed by atoms with Gasteiger partial charge in [-0.05, 0) is 43.9 Å². The SMILES string of the molecule is CC(C)CC1CCC(OO)CC1. The van der Waals surface area contributed by atoms with Crippen molar-refractivity contribution in [3.63, 3.8) is 0 Å². The van der Waals surface area contributed by atoms with Gasteiger partial charge in [-0.2, -0.15) is 0 Å². The summed E-state index contributed by atoms with van der Waals surface area (Å²) in [5.74, 6) is 1.68. The maximum Gasteiger partial charge on any atom is 0.0927 e. The summed E-state index contributed by atoms with van der Waals surface area (Å²) in [6.07, 6.45) is 5.97.